The van der Waals surface area contributed by atoms with Crippen LogP contribution in [0.2, 0.25) is 5.02 Å². The van der Waals surface area contributed by atoms with Gasteiger partial charge in [0.1, 0.15) is 5.00 Å². The second-order valence-electron chi connectivity index (χ2n) is 5.97. The zero-order valence-corrected chi connectivity index (χ0v) is 17.8. The number of halogens is 2. The third-order valence-electron chi connectivity index (χ3n) is 4.29. The monoisotopic (exact) mass is 470 g/mol. The van der Waals surface area contributed by atoms with Gasteiger partial charge in [-0.3, -0.25) is 9.59 Å². The van der Waals surface area contributed by atoms with Gasteiger partial charge < -0.3 is 15.0 Å². The number of esters is 1. The maximum Gasteiger partial charge on any atom is 0.341 e. The molecule has 0 radical (unpaired) electrons. The van der Waals surface area contributed by atoms with Crippen LogP contribution in [-0.4, -0.2) is 36.3 Å². The third-order valence-corrected chi connectivity index (χ3v) is 6.25. The van der Waals surface area contributed by atoms with Crippen LogP contribution in [0, 0.1) is 0 Å². The van der Waals surface area contributed by atoms with Crippen molar-refractivity contribution in [1.82, 2.24) is 4.90 Å². The highest BCUT2D eigenvalue weighted by atomic mass is 79.9. The fourth-order valence-corrected chi connectivity index (χ4v) is 4.73. The Morgan fingerprint density at radius 2 is 2.07 bits per heavy atom. The molecule has 142 valence electrons. The largest absolute Gasteiger partial charge is 0.465 e. The zero-order valence-electron chi connectivity index (χ0n) is 14.6. The number of hydrogen-bond acceptors (Lipinski definition) is 5. The van der Waals surface area contributed by atoms with E-state index in [1.165, 1.54) is 25.4 Å². The number of thiophene rings is 1. The maximum absolute atomic E-state index is 12.7. The van der Waals surface area contributed by atoms with Crippen molar-refractivity contribution < 1.29 is 19.1 Å². The first-order valence-electron chi connectivity index (χ1n) is 8.06. The third kappa shape index (κ3) is 4.02. The number of carbonyl (C=O) groups excluding carboxylic acids is 3. The summed E-state index contributed by atoms with van der Waals surface area (Å²) in [5.74, 6) is -0.965. The molecule has 0 fully saturated rings. The lowest BCUT2D eigenvalue weighted by Crippen LogP contribution is -2.33. The lowest BCUT2D eigenvalue weighted by atomic mass is 10.0. The van der Waals surface area contributed by atoms with Gasteiger partial charge in [-0.05, 0) is 30.2 Å². The van der Waals surface area contributed by atoms with E-state index in [0.29, 0.717) is 45.1 Å². The number of methoxy groups -OCH3 is 1. The highest BCUT2D eigenvalue weighted by molar-refractivity contribution is 9.10. The lowest BCUT2D eigenvalue weighted by Gasteiger charge is -2.25. The van der Waals surface area contributed by atoms with Crippen LogP contribution in [0.3, 0.4) is 0 Å². The molecule has 0 bridgehead atoms. The van der Waals surface area contributed by atoms with Crippen LogP contribution in [0.5, 0.6) is 0 Å². The molecule has 0 saturated heterocycles. The van der Waals surface area contributed by atoms with E-state index in [2.05, 4.69) is 21.2 Å². The zero-order chi connectivity index (χ0) is 19.7. The first kappa shape index (κ1) is 19.9. The fraction of sp³-hybridized carbons (Fsp3) is 0.278. The van der Waals surface area contributed by atoms with E-state index in [9.17, 15) is 14.4 Å². The second kappa shape index (κ2) is 8.00. The molecule has 2 aromatic rings. The van der Waals surface area contributed by atoms with E-state index >= 15 is 0 Å². The molecule has 27 heavy (non-hydrogen) atoms. The van der Waals surface area contributed by atoms with E-state index in [-0.39, 0.29) is 5.91 Å². The van der Waals surface area contributed by atoms with Crippen LogP contribution >= 0.6 is 38.9 Å². The average Bonchev–Trinajstić information content (AvgIpc) is 2.99. The van der Waals surface area contributed by atoms with Crippen molar-refractivity contribution in [3.8, 4) is 0 Å². The number of anilines is 1. The summed E-state index contributed by atoms with van der Waals surface area (Å²) in [6.07, 6.45) is 0.531. The van der Waals surface area contributed by atoms with Crippen LogP contribution in [0.15, 0.2) is 22.7 Å². The van der Waals surface area contributed by atoms with Gasteiger partial charge in [0, 0.05) is 22.8 Å². The molecular weight excluding hydrogens is 456 g/mol. The molecule has 3 rings (SSSR count). The molecule has 2 amide bonds. The van der Waals surface area contributed by atoms with E-state index in [1.807, 2.05) is 0 Å². The van der Waals surface area contributed by atoms with E-state index in [0.717, 1.165) is 10.4 Å². The van der Waals surface area contributed by atoms with Crippen molar-refractivity contribution in [3.63, 3.8) is 0 Å². The maximum atomic E-state index is 12.7. The molecular formula is C18H16BrClN2O4S. The number of benzene rings is 1. The summed E-state index contributed by atoms with van der Waals surface area (Å²) in [6.45, 7) is 2.44. The molecule has 1 aliphatic heterocycles. The Labute approximate surface area is 173 Å². The van der Waals surface area contributed by atoms with Crippen LogP contribution in [0.4, 0.5) is 5.00 Å². The number of nitrogens with one attached hydrogen (secondary N) is 1. The smallest absolute Gasteiger partial charge is 0.341 e. The van der Waals surface area contributed by atoms with Crippen molar-refractivity contribution in [2.45, 2.75) is 19.9 Å². The molecule has 0 saturated carbocycles. The number of nitrogens with zero attached hydrogens (tertiary/aromatic N) is 1. The molecule has 1 aliphatic rings. The number of carbonyl (C=O) groups is 3. The van der Waals surface area contributed by atoms with Gasteiger partial charge in [-0.2, -0.15) is 0 Å². The van der Waals surface area contributed by atoms with Crippen LogP contribution in [0.25, 0.3) is 0 Å². The quantitative estimate of drug-likeness (QED) is 0.684. The summed E-state index contributed by atoms with van der Waals surface area (Å²) in [7, 11) is 1.30. The molecule has 1 aromatic heterocycles. The van der Waals surface area contributed by atoms with Crippen molar-refractivity contribution >= 4 is 61.7 Å². The summed E-state index contributed by atoms with van der Waals surface area (Å²) in [5.41, 5.74) is 1.46. The Hall–Kier alpha value is -1.90. The minimum Gasteiger partial charge on any atom is -0.465 e. The number of fused-ring (bicyclic) bond motifs is 1. The van der Waals surface area contributed by atoms with Gasteiger partial charge in [-0.15, -0.1) is 11.3 Å². The minimum absolute atomic E-state index is 0.0276. The first-order valence-corrected chi connectivity index (χ1v) is 10.0. The molecule has 0 aliphatic carbocycles. The Kier molecular flexibility index (Phi) is 5.88. The van der Waals surface area contributed by atoms with Gasteiger partial charge >= 0.3 is 5.97 Å². The van der Waals surface area contributed by atoms with E-state index in [4.69, 9.17) is 16.3 Å². The molecule has 0 unspecified atom stereocenters. The van der Waals surface area contributed by atoms with Crippen LogP contribution < -0.4 is 5.32 Å². The molecule has 6 nitrogen and oxygen atoms in total. The normalized spacial score (nSPS) is 13.1. The highest BCUT2D eigenvalue weighted by Crippen LogP contribution is 2.38. The summed E-state index contributed by atoms with van der Waals surface area (Å²) >= 11 is 10.7. The number of rotatable bonds is 3. The van der Waals surface area contributed by atoms with Gasteiger partial charge in [0.05, 0.1) is 29.8 Å². The summed E-state index contributed by atoms with van der Waals surface area (Å²) < 4.78 is 5.62. The first-order chi connectivity index (χ1) is 12.8. The standard InChI is InChI=1S/C18H16BrClN2O4S/c1-9(23)22-6-5-11-14(8-22)27-17(15(11)18(25)26-2)21-16(24)12-7-10(19)3-4-13(12)20/h3-4,7H,5-6,8H2,1-2H3,(H,21,24). The van der Waals surface area contributed by atoms with Crippen LogP contribution in [-0.2, 0) is 22.5 Å². The molecule has 0 atom stereocenters. The van der Waals surface area contributed by atoms with Gasteiger partial charge in [0.2, 0.25) is 5.91 Å². The summed E-state index contributed by atoms with van der Waals surface area (Å²) in [5, 5.41) is 3.49. The predicted octanol–water partition coefficient (Wildman–Crippen LogP) is 4.11. The van der Waals surface area contributed by atoms with E-state index in [1.54, 1.807) is 23.1 Å². The molecule has 0 spiro atoms. The van der Waals surface area contributed by atoms with Gasteiger partial charge in [-0.25, -0.2) is 4.79 Å². The van der Waals surface area contributed by atoms with Gasteiger partial charge in [0.25, 0.3) is 5.91 Å². The fourth-order valence-electron chi connectivity index (χ4n) is 2.92. The Morgan fingerprint density at radius 1 is 1.33 bits per heavy atom. The number of ether oxygens (including phenoxy) is 1. The SMILES string of the molecule is COC(=O)c1c(NC(=O)c2cc(Br)ccc2Cl)sc2c1CCN(C(C)=O)C2. The highest BCUT2D eigenvalue weighted by Gasteiger charge is 2.30. The van der Waals surface area contributed by atoms with E-state index < -0.39 is 11.9 Å². The summed E-state index contributed by atoms with van der Waals surface area (Å²) in [6, 6.07) is 4.96. The lowest BCUT2D eigenvalue weighted by molar-refractivity contribution is -0.129. The Bertz CT molecular complexity index is 944. The van der Waals surface area contributed by atoms with Crippen molar-refractivity contribution in [3.05, 3.63) is 49.3 Å². The molecule has 9 heteroatoms. The second-order valence-corrected chi connectivity index (χ2v) is 8.40. The van der Waals surface area contributed by atoms with Crippen molar-refractivity contribution in [2.75, 3.05) is 19.0 Å². The van der Waals surface area contributed by atoms with Gasteiger partial charge in [-0.1, -0.05) is 27.5 Å². The summed E-state index contributed by atoms with van der Waals surface area (Å²) in [4.78, 5) is 39.3. The number of hydrogen-bond donors (Lipinski definition) is 1. The minimum atomic E-state index is -0.514. The molecule has 1 aromatic carbocycles. The van der Waals surface area contributed by atoms with Crippen molar-refractivity contribution in [1.29, 1.82) is 0 Å². The topological polar surface area (TPSA) is 75.7 Å². The molecule has 2 heterocycles. The van der Waals surface area contributed by atoms with Crippen LogP contribution in [0.1, 0.15) is 38.1 Å². The number of amides is 2. The predicted molar refractivity (Wildman–Crippen MR) is 108 cm³/mol. The average molecular weight is 472 g/mol. The Balaban J connectivity index is 1.97. The van der Waals surface area contributed by atoms with Gasteiger partial charge in [0.15, 0.2) is 0 Å². The molecule has 1 N–H and O–H groups in total. The van der Waals surface area contributed by atoms with Crippen molar-refractivity contribution in [2.24, 2.45) is 0 Å². The Morgan fingerprint density at radius 3 is 2.74 bits per heavy atom.